The largest absolute Gasteiger partial charge is 0.492 e. The van der Waals surface area contributed by atoms with E-state index in [4.69, 9.17) is 4.74 Å². The van der Waals surface area contributed by atoms with Crippen LogP contribution in [0.5, 0.6) is 5.75 Å². The summed E-state index contributed by atoms with van der Waals surface area (Å²) in [6.07, 6.45) is 6.97. The van der Waals surface area contributed by atoms with Crippen LogP contribution >= 0.6 is 0 Å². The molecule has 0 aliphatic heterocycles. The van der Waals surface area contributed by atoms with E-state index in [1.54, 1.807) is 0 Å². The molecule has 2 aromatic rings. The third kappa shape index (κ3) is 5.59. The molecule has 0 saturated carbocycles. The van der Waals surface area contributed by atoms with Gasteiger partial charge in [-0.15, -0.1) is 0 Å². The van der Waals surface area contributed by atoms with E-state index >= 15 is 0 Å². The molecule has 0 radical (unpaired) electrons. The third-order valence-corrected chi connectivity index (χ3v) is 5.26. The second-order valence-corrected chi connectivity index (χ2v) is 8.34. The molecule has 0 N–H and O–H groups in total. The summed E-state index contributed by atoms with van der Waals surface area (Å²) in [4.78, 5) is 4.39. The Kier molecular flexibility index (Phi) is 7.29. The average Bonchev–Trinajstić information content (AvgIpc) is 2.68. The maximum Gasteiger partial charge on any atom is 0.127 e. The van der Waals surface area contributed by atoms with Crippen LogP contribution in [-0.2, 0) is 0 Å². The summed E-state index contributed by atoms with van der Waals surface area (Å²) in [5.41, 5.74) is 7.73. The van der Waals surface area contributed by atoms with E-state index in [1.807, 2.05) is 0 Å². The SMILES string of the molecule is Cc1ccccc1-c1ccc(OCCN(C)C)c(C2=CCCC=C2CN(C)C)c1. The van der Waals surface area contributed by atoms with E-state index in [1.165, 1.54) is 33.4 Å². The van der Waals surface area contributed by atoms with Gasteiger partial charge in [-0.3, -0.25) is 0 Å². The van der Waals surface area contributed by atoms with E-state index in [9.17, 15) is 0 Å². The zero-order valence-corrected chi connectivity index (χ0v) is 18.5. The molecule has 0 heterocycles. The van der Waals surface area contributed by atoms with Crippen LogP contribution in [-0.4, -0.2) is 57.7 Å². The molecule has 0 unspecified atom stereocenters. The van der Waals surface area contributed by atoms with Gasteiger partial charge in [-0.2, -0.15) is 0 Å². The normalized spacial score (nSPS) is 14.2. The molecule has 0 bridgehead atoms. The fourth-order valence-corrected chi connectivity index (χ4v) is 3.77. The predicted molar refractivity (Wildman–Crippen MR) is 125 cm³/mol. The first-order valence-electron chi connectivity index (χ1n) is 10.5. The van der Waals surface area contributed by atoms with Gasteiger partial charge in [0.05, 0.1) is 0 Å². The summed E-state index contributed by atoms with van der Waals surface area (Å²) >= 11 is 0. The van der Waals surface area contributed by atoms with Gasteiger partial charge in [0.25, 0.3) is 0 Å². The molecule has 0 atom stereocenters. The van der Waals surface area contributed by atoms with Gasteiger partial charge in [-0.05, 0) is 87.9 Å². The Morgan fingerprint density at radius 2 is 1.62 bits per heavy atom. The molecule has 0 amide bonds. The lowest BCUT2D eigenvalue weighted by atomic mass is 9.88. The Bertz CT molecular complexity index is 893. The maximum atomic E-state index is 6.25. The summed E-state index contributed by atoms with van der Waals surface area (Å²) in [6, 6.07) is 15.2. The molecule has 0 saturated heterocycles. The number of ether oxygens (including phenoxy) is 1. The standard InChI is InChI=1S/C26H34N2O/c1-20-10-6-8-12-23(20)21-14-15-26(29-17-16-27(2)3)25(18-21)24-13-9-7-11-22(24)19-28(4)5/h6,8,10-15,18H,7,9,16-17,19H2,1-5H3. The quantitative estimate of drug-likeness (QED) is 0.611. The molecule has 1 aliphatic carbocycles. The van der Waals surface area contributed by atoms with E-state index in [-0.39, 0.29) is 0 Å². The molecule has 3 heteroatoms. The van der Waals surface area contributed by atoms with Gasteiger partial charge >= 0.3 is 0 Å². The van der Waals surface area contributed by atoms with Crippen LogP contribution in [0.15, 0.2) is 60.2 Å². The Balaban J connectivity index is 2.02. The molecule has 1 aliphatic rings. The molecule has 29 heavy (non-hydrogen) atoms. The molecule has 3 nitrogen and oxygen atoms in total. The summed E-state index contributed by atoms with van der Waals surface area (Å²) in [7, 11) is 8.41. The van der Waals surface area contributed by atoms with Crippen molar-refractivity contribution in [3.8, 4) is 16.9 Å². The molecule has 0 spiro atoms. The van der Waals surface area contributed by atoms with Crippen molar-refractivity contribution in [2.24, 2.45) is 0 Å². The summed E-state index contributed by atoms with van der Waals surface area (Å²) in [5, 5.41) is 0. The lowest BCUT2D eigenvalue weighted by Gasteiger charge is -2.23. The first kappa shape index (κ1) is 21.4. The van der Waals surface area contributed by atoms with Crippen molar-refractivity contribution in [2.75, 3.05) is 47.9 Å². The van der Waals surface area contributed by atoms with Crippen LogP contribution < -0.4 is 4.74 Å². The zero-order chi connectivity index (χ0) is 20.8. The number of likely N-dealkylation sites (N-methyl/N-ethyl adjacent to an activating group) is 2. The number of hydrogen-bond donors (Lipinski definition) is 0. The molecular weight excluding hydrogens is 356 g/mol. The van der Waals surface area contributed by atoms with E-state index in [0.717, 1.165) is 31.7 Å². The number of hydrogen-bond acceptors (Lipinski definition) is 3. The highest BCUT2D eigenvalue weighted by Gasteiger charge is 2.18. The molecule has 154 valence electrons. The van der Waals surface area contributed by atoms with Gasteiger partial charge in [-0.1, -0.05) is 42.5 Å². The average molecular weight is 391 g/mol. The topological polar surface area (TPSA) is 15.7 Å². The smallest absolute Gasteiger partial charge is 0.127 e. The fraction of sp³-hybridized carbons (Fsp3) is 0.385. The van der Waals surface area contributed by atoms with Gasteiger partial charge in [0, 0.05) is 18.7 Å². The van der Waals surface area contributed by atoms with Gasteiger partial charge in [-0.25, -0.2) is 0 Å². The van der Waals surface area contributed by atoms with Crippen molar-refractivity contribution in [2.45, 2.75) is 19.8 Å². The van der Waals surface area contributed by atoms with Crippen LogP contribution in [0.1, 0.15) is 24.0 Å². The third-order valence-electron chi connectivity index (χ3n) is 5.26. The van der Waals surface area contributed by atoms with Gasteiger partial charge in [0.15, 0.2) is 0 Å². The highest BCUT2D eigenvalue weighted by molar-refractivity contribution is 5.86. The highest BCUT2D eigenvalue weighted by Crippen LogP contribution is 2.38. The van der Waals surface area contributed by atoms with E-state index in [2.05, 4.69) is 99.5 Å². The van der Waals surface area contributed by atoms with Crippen molar-refractivity contribution in [3.05, 3.63) is 71.3 Å². The second-order valence-electron chi connectivity index (χ2n) is 8.34. The summed E-state index contributed by atoms with van der Waals surface area (Å²) in [6.45, 7) is 4.70. The Hall–Kier alpha value is -2.36. The highest BCUT2D eigenvalue weighted by atomic mass is 16.5. The van der Waals surface area contributed by atoms with Gasteiger partial charge < -0.3 is 14.5 Å². The Morgan fingerprint density at radius 1 is 0.862 bits per heavy atom. The molecule has 2 aromatic carbocycles. The van der Waals surface area contributed by atoms with E-state index < -0.39 is 0 Å². The minimum atomic E-state index is 0.684. The Labute approximate surface area is 176 Å². The molecule has 3 rings (SSSR count). The van der Waals surface area contributed by atoms with E-state index in [0.29, 0.717) is 6.61 Å². The van der Waals surface area contributed by atoms with Crippen molar-refractivity contribution >= 4 is 5.57 Å². The number of allylic oxidation sites excluding steroid dienone is 2. The summed E-state index contributed by atoms with van der Waals surface area (Å²) in [5.74, 6) is 0.974. The van der Waals surface area contributed by atoms with Crippen LogP contribution in [0.4, 0.5) is 0 Å². The summed E-state index contributed by atoms with van der Waals surface area (Å²) < 4.78 is 6.25. The first-order valence-corrected chi connectivity index (χ1v) is 10.5. The minimum Gasteiger partial charge on any atom is -0.492 e. The first-order chi connectivity index (χ1) is 14.0. The van der Waals surface area contributed by atoms with Crippen LogP contribution in [0.3, 0.4) is 0 Å². The van der Waals surface area contributed by atoms with Gasteiger partial charge in [0.2, 0.25) is 0 Å². The lowest BCUT2D eigenvalue weighted by molar-refractivity contribution is 0.261. The zero-order valence-electron chi connectivity index (χ0n) is 18.5. The molecule has 0 aromatic heterocycles. The van der Waals surface area contributed by atoms with Crippen molar-refractivity contribution in [1.29, 1.82) is 0 Å². The molecular formula is C26H34N2O. The number of rotatable bonds is 8. The second kappa shape index (κ2) is 9.91. The maximum absolute atomic E-state index is 6.25. The molecule has 0 fully saturated rings. The van der Waals surface area contributed by atoms with Crippen LogP contribution in [0, 0.1) is 6.92 Å². The Morgan fingerprint density at radius 3 is 2.34 bits per heavy atom. The number of nitrogens with zero attached hydrogens (tertiary/aromatic N) is 2. The monoisotopic (exact) mass is 390 g/mol. The predicted octanol–water partition coefficient (Wildman–Crippen LogP) is 5.27. The van der Waals surface area contributed by atoms with Crippen molar-refractivity contribution in [3.63, 3.8) is 0 Å². The number of aryl methyl sites for hydroxylation is 1. The lowest BCUT2D eigenvalue weighted by Crippen LogP contribution is -2.20. The van der Waals surface area contributed by atoms with Crippen LogP contribution in [0.2, 0.25) is 0 Å². The van der Waals surface area contributed by atoms with Gasteiger partial charge in [0.1, 0.15) is 12.4 Å². The van der Waals surface area contributed by atoms with Crippen molar-refractivity contribution in [1.82, 2.24) is 9.80 Å². The van der Waals surface area contributed by atoms with Crippen LogP contribution in [0.25, 0.3) is 16.7 Å². The number of benzene rings is 2. The van der Waals surface area contributed by atoms with Crippen molar-refractivity contribution < 1.29 is 4.74 Å². The minimum absolute atomic E-state index is 0.684. The fourth-order valence-electron chi connectivity index (χ4n) is 3.77.